The fourth-order valence-corrected chi connectivity index (χ4v) is 2.84. The van der Waals surface area contributed by atoms with Crippen molar-refractivity contribution in [1.29, 1.82) is 0 Å². The van der Waals surface area contributed by atoms with E-state index in [4.69, 9.17) is 5.11 Å². The predicted octanol–water partition coefficient (Wildman–Crippen LogP) is 1.09. The summed E-state index contributed by atoms with van der Waals surface area (Å²) < 4.78 is 1.57. The number of fused-ring (bicyclic) bond motifs is 1. The summed E-state index contributed by atoms with van der Waals surface area (Å²) in [5.41, 5.74) is 0.936. The zero-order chi connectivity index (χ0) is 20.1. The third kappa shape index (κ3) is 3.81. The number of rotatable bonds is 5. The lowest BCUT2D eigenvalue weighted by Crippen LogP contribution is -2.39. The van der Waals surface area contributed by atoms with Gasteiger partial charge in [0.25, 0.3) is 11.5 Å². The minimum atomic E-state index is -0.253. The van der Waals surface area contributed by atoms with E-state index in [-0.39, 0.29) is 17.5 Å². The lowest BCUT2D eigenvalue weighted by atomic mass is 9.93. The van der Waals surface area contributed by atoms with E-state index < -0.39 is 0 Å². The fourth-order valence-electron chi connectivity index (χ4n) is 2.84. The number of aromatic amines is 1. The Morgan fingerprint density at radius 1 is 1.36 bits per heavy atom. The molecule has 1 fully saturated rings. The number of hydrogen-bond donors (Lipinski definition) is 5. The zero-order valence-electron chi connectivity index (χ0n) is 15.7. The Morgan fingerprint density at radius 2 is 2.14 bits per heavy atom. The van der Waals surface area contributed by atoms with Gasteiger partial charge < -0.3 is 26.0 Å². The van der Waals surface area contributed by atoms with E-state index in [0.717, 1.165) is 26.4 Å². The Balaban J connectivity index is 0.00000109. The molecule has 1 saturated carbocycles. The molecule has 0 atom stereocenters. The van der Waals surface area contributed by atoms with E-state index in [1.54, 1.807) is 36.0 Å². The summed E-state index contributed by atoms with van der Waals surface area (Å²) >= 11 is 0. The van der Waals surface area contributed by atoms with Crippen LogP contribution in [0, 0.1) is 0 Å². The van der Waals surface area contributed by atoms with Crippen molar-refractivity contribution < 1.29 is 9.90 Å². The van der Waals surface area contributed by atoms with Crippen LogP contribution in [0.4, 0.5) is 17.3 Å². The van der Waals surface area contributed by atoms with Gasteiger partial charge >= 0.3 is 0 Å². The van der Waals surface area contributed by atoms with Gasteiger partial charge in [-0.15, -0.1) is 0 Å². The minimum Gasteiger partial charge on any atom is -0.400 e. The van der Waals surface area contributed by atoms with Gasteiger partial charge in [-0.1, -0.05) is 0 Å². The number of H-pyrrole nitrogens is 1. The van der Waals surface area contributed by atoms with E-state index >= 15 is 0 Å². The molecule has 0 aliphatic heterocycles. The molecule has 5 N–H and O–H groups in total. The SMILES string of the molecule is CNc1cc(Nc2ccc[nH]c2=O)nc2c(C(=O)NC3CCC3)cnn12.CO. The van der Waals surface area contributed by atoms with E-state index in [1.165, 1.54) is 6.20 Å². The van der Waals surface area contributed by atoms with Crippen LogP contribution in [-0.4, -0.2) is 50.8 Å². The van der Waals surface area contributed by atoms with Gasteiger partial charge in [0.2, 0.25) is 0 Å². The highest BCUT2D eigenvalue weighted by Crippen LogP contribution is 2.22. The molecule has 0 radical (unpaired) electrons. The van der Waals surface area contributed by atoms with Gasteiger partial charge in [-0.3, -0.25) is 9.59 Å². The van der Waals surface area contributed by atoms with Crippen LogP contribution in [-0.2, 0) is 0 Å². The highest BCUT2D eigenvalue weighted by molar-refractivity contribution is 6.00. The van der Waals surface area contributed by atoms with Gasteiger partial charge in [0.15, 0.2) is 5.65 Å². The molecule has 3 aromatic rings. The third-order valence-electron chi connectivity index (χ3n) is 4.49. The highest BCUT2D eigenvalue weighted by Gasteiger charge is 2.23. The van der Waals surface area contributed by atoms with E-state index in [1.807, 2.05) is 0 Å². The minimum absolute atomic E-state index is 0.186. The zero-order valence-corrected chi connectivity index (χ0v) is 15.7. The Morgan fingerprint density at radius 3 is 2.79 bits per heavy atom. The van der Waals surface area contributed by atoms with Crippen LogP contribution in [0.15, 0.2) is 35.4 Å². The van der Waals surface area contributed by atoms with Gasteiger partial charge in [0.1, 0.15) is 22.9 Å². The number of nitrogens with zero attached hydrogens (tertiary/aromatic N) is 3. The predicted molar refractivity (Wildman–Crippen MR) is 106 cm³/mol. The van der Waals surface area contributed by atoms with Crippen LogP contribution >= 0.6 is 0 Å². The molecule has 1 aliphatic rings. The molecule has 3 aromatic heterocycles. The van der Waals surface area contributed by atoms with Crippen molar-refractivity contribution in [2.24, 2.45) is 0 Å². The number of anilines is 3. The Labute approximate surface area is 161 Å². The average Bonchev–Trinajstić information content (AvgIpc) is 3.11. The van der Waals surface area contributed by atoms with E-state index in [9.17, 15) is 9.59 Å². The molecule has 1 amide bonds. The van der Waals surface area contributed by atoms with Gasteiger partial charge in [-0.2, -0.15) is 9.61 Å². The second kappa shape index (κ2) is 8.53. The summed E-state index contributed by atoms with van der Waals surface area (Å²) in [6.45, 7) is 0. The molecule has 0 saturated heterocycles. The van der Waals surface area contributed by atoms with Crippen LogP contribution in [0.25, 0.3) is 5.65 Å². The molecule has 10 heteroatoms. The summed E-state index contributed by atoms with van der Waals surface area (Å²) in [7, 11) is 2.75. The number of aliphatic hydroxyl groups is 1. The summed E-state index contributed by atoms with van der Waals surface area (Å²) in [6.07, 6.45) is 6.22. The Kier molecular flexibility index (Phi) is 5.90. The molecule has 1 aliphatic carbocycles. The number of carbonyl (C=O) groups excluding carboxylic acids is 1. The first-order chi connectivity index (χ1) is 13.7. The summed E-state index contributed by atoms with van der Waals surface area (Å²) in [5, 5.41) is 20.3. The third-order valence-corrected chi connectivity index (χ3v) is 4.49. The molecule has 148 valence electrons. The Bertz CT molecular complexity index is 1020. The number of aromatic nitrogens is 4. The van der Waals surface area contributed by atoms with Crippen molar-refractivity contribution in [3.05, 3.63) is 46.5 Å². The van der Waals surface area contributed by atoms with E-state index in [2.05, 4.69) is 31.0 Å². The van der Waals surface area contributed by atoms with Gasteiger partial charge in [-0.05, 0) is 31.4 Å². The van der Waals surface area contributed by atoms with Crippen molar-refractivity contribution >= 4 is 28.9 Å². The molecular weight excluding hydrogens is 362 g/mol. The molecule has 10 nitrogen and oxygen atoms in total. The van der Waals surface area contributed by atoms with Crippen molar-refractivity contribution in [3.8, 4) is 0 Å². The second-order valence-corrected chi connectivity index (χ2v) is 6.21. The first kappa shape index (κ1) is 19.4. The molecular formula is C18H23N7O3. The molecule has 0 unspecified atom stereocenters. The quantitative estimate of drug-likeness (QED) is 0.443. The van der Waals surface area contributed by atoms with Crippen molar-refractivity contribution in [1.82, 2.24) is 24.9 Å². The molecule has 0 aromatic carbocycles. The molecule has 0 bridgehead atoms. The number of carbonyl (C=O) groups is 1. The molecule has 28 heavy (non-hydrogen) atoms. The fraction of sp³-hybridized carbons (Fsp3) is 0.333. The number of pyridine rings is 1. The maximum Gasteiger partial charge on any atom is 0.271 e. The average molecular weight is 385 g/mol. The van der Waals surface area contributed by atoms with Crippen LogP contribution in [0.2, 0.25) is 0 Å². The monoisotopic (exact) mass is 385 g/mol. The van der Waals surface area contributed by atoms with Crippen LogP contribution in [0.3, 0.4) is 0 Å². The smallest absolute Gasteiger partial charge is 0.271 e. The number of aliphatic hydroxyl groups excluding tert-OH is 1. The van der Waals surface area contributed by atoms with Gasteiger partial charge in [0.05, 0.1) is 6.20 Å². The summed E-state index contributed by atoms with van der Waals surface area (Å²) in [5.74, 6) is 0.901. The summed E-state index contributed by atoms with van der Waals surface area (Å²) in [6, 6.07) is 5.33. The maximum atomic E-state index is 12.5. The van der Waals surface area contributed by atoms with Crippen molar-refractivity contribution in [3.63, 3.8) is 0 Å². The van der Waals surface area contributed by atoms with Crippen molar-refractivity contribution in [2.75, 3.05) is 24.8 Å². The number of nitrogens with one attached hydrogen (secondary N) is 4. The van der Waals surface area contributed by atoms with Crippen LogP contribution < -0.4 is 21.5 Å². The topological polar surface area (TPSA) is 136 Å². The van der Waals surface area contributed by atoms with E-state index in [0.29, 0.717) is 28.5 Å². The van der Waals surface area contributed by atoms with Crippen LogP contribution in [0.5, 0.6) is 0 Å². The number of hydrogen-bond acceptors (Lipinski definition) is 7. The first-order valence-corrected chi connectivity index (χ1v) is 8.92. The largest absolute Gasteiger partial charge is 0.400 e. The standard InChI is InChI=1S/C17H19N7O2.CH4O/c1-18-14-8-13(22-12-6-3-7-19-17(12)26)23-15-11(9-20-24(14)15)16(25)21-10-4-2-5-10;1-2/h3,6-10,18H,2,4-5H2,1H3,(H,19,26)(H,21,25)(H,22,23);2H,1H3. The maximum absolute atomic E-state index is 12.5. The van der Waals surface area contributed by atoms with Crippen LogP contribution in [0.1, 0.15) is 29.6 Å². The van der Waals surface area contributed by atoms with Gasteiger partial charge in [0, 0.05) is 32.5 Å². The Hall–Kier alpha value is -3.40. The van der Waals surface area contributed by atoms with Crippen molar-refractivity contribution in [2.45, 2.75) is 25.3 Å². The normalized spacial score (nSPS) is 13.2. The number of amides is 1. The van der Waals surface area contributed by atoms with Gasteiger partial charge in [-0.25, -0.2) is 4.98 Å². The molecule has 0 spiro atoms. The second-order valence-electron chi connectivity index (χ2n) is 6.21. The lowest BCUT2D eigenvalue weighted by molar-refractivity contribution is 0.0918. The summed E-state index contributed by atoms with van der Waals surface area (Å²) in [4.78, 5) is 31.5. The lowest BCUT2D eigenvalue weighted by Gasteiger charge is -2.26. The molecule has 3 heterocycles. The molecule has 4 rings (SSSR count). The first-order valence-electron chi connectivity index (χ1n) is 8.92. The highest BCUT2D eigenvalue weighted by atomic mass is 16.2.